The summed E-state index contributed by atoms with van der Waals surface area (Å²) in [6.45, 7) is 2.15. The molecule has 78 valence electrons. The second-order valence-electron chi connectivity index (χ2n) is 3.28. The third-order valence-electron chi connectivity index (χ3n) is 2.30. The van der Waals surface area contributed by atoms with Crippen LogP contribution in [0.1, 0.15) is 31.4 Å². The van der Waals surface area contributed by atoms with Crippen LogP contribution in [0.5, 0.6) is 5.75 Å². The molecule has 0 spiro atoms. The molecule has 0 aliphatic rings. The molecule has 0 bridgehead atoms. The van der Waals surface area contributed by atoms with Crippen molar-refractivity contribution in [1.82, 2.24) is 5.43 Å². The second-order valence-corrected chi connectivity index (χ2v) is 3.28. The van der Waals surface area contributed by atoms with Crippen LogP contribution in [0.4, 0.5) is 0 Å². The Balaban J connectivity index is 2.73. The zero-order chi connectivity index (χ0) is 10.4. The topological polar surface area (TPSA) is 47.3 Å². The molecule has 0 saturated carbocycles. The van der Waals surface area contributed by atoms with Gasteiger partial charge < -0.3 is 4.74 Å². The molecule has 0 amide bonds. The highest BCUT2D eigenvalue weighted by atomic mass is 16.5. The van der Waals surface area contributed by atoms with Crippen LogP contribution in [-0.2, 0) is 0 Å². The number of hydrogen-bond donors (Lipinski definition) is 2. The maximum Gasteiger partial charge on any atom is 0.118 e. The van der Waals surface area contributed by atoms with Crippen molar-refractivity contribution in [3.05, 3.63) is 29.8 Å². The maximum absolute atomic E-state index is 5.48. The van der Waals surface area contributed by atoms with Gasteiger partial charge in [0.2, 0.25) is 0 Å². The summed E-state index contributed by atoms with van der Waals surface area (Å²) in [6, 6.07) is 8.23. The van der Waals surface area contributed by atoms with E-state index in [1.54, 1.807) is 7.11 Å². The van der Waals surface area contributed by atoms with Crippen LogP contribution in [0, 0.1) is 0 Å². The van der Waals surface area contributed by atoms with Gasteiger partial charge >= 0.3 is 0 Å². The molecule has 0 aliphatic carbocycles. The number of methoxy groups -OCH3 is 1. The van der Waals surface area contributed by atoms with E-state index in [1.807, 2.05) is 24.3 Å². The van der Waals surface area contributed by atoms with Gasteiger partial charge in [0.05, 0.1) is 7.11 Å². The summed E-state index contributed by atoms with van der Waals surface area (Å²) in [5, 5.41) is 0. The van der Waals surface area contributed by atoms with Crippen LogP contribution >= 0.6 is 0 Å². The summed E-state index contributed by atoms with van der Waals surface area (Å²) < 4.78 is 5.09. The minimum atomic E-state index is 0.242. The van der Waals surface area contributed by atoms with Crippen molar-refractivity contribution in [1.29, 1.82) is 0 Å². The largest absolute Gasteiger partial charge is 0.497 e. The summed E-state index contributed by atoms with van der Waals surface area (Å²) in [5.41, 5.74) is 4.02. The average Bonchev–Trinajstić information content (AvgIpc) is 2.26. The summed E-state index contributed by atoms with van der Waals surface area (Å²) in [4.78, 5) is 0. The Bertz CT molecular complexity index is 258. The lowest BCUT2D eigenvalue weighted by atomic mass is 10.0. The highest BCUT2D eigenvalue weighted by Crippen LogP contribution is 2.20. The number of nitrogens with one attached hydrogen (secondary N) is 1. The standard InChI is InChI=1S/C11H18N2O/c1-3-4-11(13-12)9-5-7-10(14-2)8-6-9/h5-8,11,13H,3-4,12H2,1-2H3. The van der Waals surface area contributed by atoms with E-state index in [4.69, 9.17) is 10.6 Å². The minimum Gasteiger partial charge on any atom is -0.497 e. The van der Waals surface area contributed by atoms with Crippen LogP contribution in [0.15, 0.2) is 24.3 Å². The Kier molecular flexibility index (Phi) is 4.43. The molecule has 3 heteroatoms. The highest BCUT2D eigenvalue weighted by Gasteiger charge is 2.07. The molecule has 1 aromatic carbocycles. The van der Waals surface area contributed by atoms with Gasteiger partial charge in [0.15, 0.2) is 0 Å². The van der Waals surface area contributed by atoms with Gasteiger partial charge in [0.1, 0.15) is 5.75 Å². The van der Waals surface area contributed by atoms with Crippen molar-refractivity contribution in [2.45, 2.75) is 25.8 Å². The first-order valence-electron chi connectivity index (χ1n) is 4.92. The molecular weight excluding hydrogens is 176 g/mol. The van der Waals surface area contributed by atoms with E-state index in [0.29, 0.717) is 0 Å². The molecule has 0 aliphatic heterocycles. The summed E-state index contributed by atoms with van der Waals surface area (Å²) >= 11 is 0. The summed E-state index contributed by atoms with van der Waals surface area (Å²) in [6.07, 6.45) is 2.16. The van der Waals surface area contributed by atoms with Crippen LogP contribution in [0.25, 0.3) is 0 Å². The summed E-state index contributed by atoms with van der Waals surface area (Å²) in [5.74, 6) is 6.36. The van der Waals surface area contributed by atoms with E-state index in [2.05, 4.69) is 12.3 Å². The minimum absolute atomic E-state index is 0.242. The lowest BCUT2D eigenvalue weighted by Gasteiger charge is -2.15. The normalized spacial score (nSPS) is 12.5. The van der Waals surface area contributed by atoms with Gasteiger partial charge in [-0.15, -0.1) is 0 Å². The van der Waals surface area contributed by atoms with Gasteiger partial charge in [0.25, 0.3) is 0 Å². The zero-order valence-electron chi connectivity index (χ0n) is 8.79. The van der Waals surface area contributed by atoms with Crippen molar-refractivity contribution >= 4 is 0 Å². The lowest BCUT2D eigenvalue weighted by Crippen LogP contribution is -2.27. The quantitative estimate of drug-likeness (QED) is 0.556. The van der Waals surface area contributed by atoms with E-state index in [-0.39, 0.29) is 6.04 Å². The Morgan fingerprint density at radius 1 is 1.36 bits per heavy atom. The van der Waals surface area contributed by atoms with Crippen LogP contribution in [-0.4, -0.2) is 7.11 Å². The van der Waals surface area contributed by atoms with Gasteiger partial charge in [-0.3, -0.25) is 11.3 Å². The molecule has 3 N–H and O–H groups in total. The third-order valence-corrected chi connectivity index (χ3v) is 2.30. The number of ether oxygens (including phenoxy) is 1. The van der Waals surface area contributed by atoms with Crippen molar-refractivity contribution in [3.63, 3.8) is 0 Å². The number of hydrazine groups is 1. The predicted molar refractivity (Wildman–Crippen MR) is 58.0 cm³/mol. The van der Waals surface area contributed by atoms with Gasteiger partial charge in [-0.25, -0.2) is 0 Å². The van der Waals surface area contributed by atoms with Gasteiger partial charge in [-0.1, -0.05) is 25.5 Å². The molecule has 1 rings (SSSR count). The third kappa shape index (κ3) is 2.72. The van der Waals surface area contributed by atoms with Gasteiger partial charge in [0, 0.05) is 6.04 Å². The fourth-order valence-electron chi connectivity index (χ4n) is 1.47. The zero-order valence-corrected chi connectivity index (χ0v) is 8.79. The number of rotatable bonds is 5. The van der Waals surface area contributed by atoms with E-state index >= 15 is 0 Å². The smallest absolute Gasteiger partial charge is 0.118 e. The Morgan fingerprint density at radius 2 is 2.00 bits per heavy atom. The SMILES string of the molecule is CCCC(NN)c1ccc(OC)cc1. The monoisotopic (exact) mass is 194 g/mol. The van der Waals surface area contributed by atoms with E-state index in [1.165, 1.54) is 5.56 Å². The fraction of sp³-hybridized carbons (Fsp3) is 0.455. The molecule has 0 fully saturated rings. The van der Waals surface area contributed by atoms with Gasteiger partial charge in [-0.05, 0) is 24.1 Å². The summed E-state index contributed by atoms with van der Waals surface area (Å²) in [7, 11) is 1.67. The van der Waals surface area contributed by atoms with Crippen LogP contribution < -0.4 is 16.0 Å². The molecule has 0 heterocycles. The van der Waals surface area contributed by atoms with Crippen molar-refractivity contribution in [2.24, 2.45) is 5.84 Å². The number of hydrogen-bond acceptors (Lipinski definition) is 3. The molecule has 0 aromatic heterocycles. The maximum atomic E-state index is 5.48. The van der Waals surface area contributed by atoms with E-state index in [0.717, 1.165) is 18.6 Å². The first kappa shape index (κ1) is 11.0. The van der Waals surface area contributed by atoms with Crippen molar-refractivity contribution in [2.75, 3.05) is 7.11 Å². The average molecular weight is 194 g/mol. The second kappa shape index (κ2) is 5.62. The molecular formula is C11H18N2O. The van der Waals surface area contributed by atoms with Crippen LogP contribution in [0.3, 0.4) is 0 Å². The first-order chi connectivity index (χ1) is 6.81. The first-order valence-corrected chi connectivity index (χ1v) is 4.92. The molecule has 3 nitrogen and oxygen atoms in total. The molecule has 1 unspecified atom stereocenters. The lowest BCUT2D eigenvalue weighted by molar-refractivity contribution is 0.414. The highest BCUT2D eigenvalue weighted by molar-refractivity contribution is 5.28. The van der Waals surface area contributed by atoms with Gasteiger partial charge in [-0.2, -0.15) is 0 Å². The molecule has 1 atom stereocenters. The fourth-order valence-corrected chi connectivity index (χ4v) is 1.47. The van der Waals surface area contributed by atoms with E-state index in [9.17, 15) is 0 Å². The molecule has 14 heavy (non-hydrogen) atoms. The van der Waals surface area contributed by atoms with E-state index < -0.39 is 0 Å². The molecule has 1 aromatic rings. The van der Waals surface area contributed by atoms with Crippen molar-refractivity contribution in [3.8, 4) is 5.75 Å². The Morgan fingerprint density at radius 3 is 2.43 bits per heavy atom. The molecule has 0 radical (unpaired) electrons. The number of nitrogens with two attached hydrogens (primary N) is 1. The Labute approximate surface area is 85.2 Å². The van der Waals surface area contributed by atoms with Crippen LogP contribution in [0.2, 0.25) is 0 Å². The number of benzene rings is 1. The Hall–Kier alpha value is -1.06. The predicted octanol–water partition coefficient (Wildman–Crippen LogP) is 2.00. The molecule has 0 saturated heterocycles. The van der Waals surface area contributed by atoms with Crippen molar-refractivity contribution < 1.29 is 4.74 Å².